The zero-order valence-electron chi connectivity index (χ0n) is 14.1. The molecule has 0 saturated carbocycles. The second-order valence-electron chi connectivity index (χ2n) is 5.23. The third-order valence-electron chi connectivity index (χ3n) is 3.31. The van der Waals surface area contributed by atoms with E-state index in [0.717, 1.165) is 30.7 Å². The topological polar surface area (TPSA) is 21.6 Å². The molecule has 5 heteroatoms. The Hall–Kier alpha value is -2.98. The maximum atomic E-state index is 14.1. The molecule has 0 N–H and O–H groups in total. The van der Waals surface area contributed by atoms with Gasteiger partial charge in [-0.15, -0.1) is 4.99 Å². The molecule has 2 nitrogen and oxygen atoms in total. The van der Waals surface area contributed by atoms with Crippen LogP contribution in [0.4, 0.5) is 8.78 Å². The molecule has 0 fully saturated rings. The van der Waals surface area contributed by atoms with Gasteiger partial charge in [-0.25, -0.2) is 8.78 Å². The summed E-state index contributed by atoms with van der Waals surface area (Å²) in [5.74, 6) is 7.21. The van der Waals surface area contributed by atoms with Gasteiger partial charge in [0.2, 0.25) is 0 Å². The number of hydrogen-bond acceptors (Lipinski definition) is 3. The third kappa shape index (κ3) is 5.83. The van der Waals surface area contributed by atoms with Gasteiger partial charge < -0.3 is 4.74 Å². The first-order chi connectivity index (χ1) is 12.6. The van der Waals surface area contributed by atoms with Crippen molar-refractivity contribution in [2.45, 2.75) is 19.8 Å². The van der Waals surface area contributed by atoms with E-state index < -0.39 is 11.6 Å². The van der Waals surface area contributed by atoms with Crippen LogP contribution in [-0.2, 0) is 0 Å². The highest BCUT2D eigenvalue weighted by atomic mass is 32.1. The fourth-order valence-corrected chi connectivity index (χ4v) is 2.00. The van der Waals surface area contributed by atoms with Gasteiger partial charge in [0.1, 0.15) is 17.4 Å². The molecule has 2 rings (SSSR count). The van der Waals surface area contributed by atoms with Crippen LogP contribution < -0.4 is 4.74 Å². The highest BCUT2D eigenvalue weighted by molar-refractivity contribution is 7.78. The molecule has 0 aliphatic rings. The quantitative estimate of drug-likeness (QED) is 0.330. The molecule has 2 aromatic rings. The van der Waals surface area contributed by atoms with E-state index in [4.69, 9.17) is 4.74 Å². The van der Waals surface area contributed by atoms with Crippen molar-refractivity contribution in [3.8, 4) is 29.6 Å². The molecule has 0 amide bonds. The van der Waals surface area contributed by atoms with Crippen LogP contribution >= 0.6 is 12.2 Å². The SMILES string of the molecule is CCCCOc1ccc(C#Cc2cc(F)c(C#CN=C=S)cc2F)cc1. The first kappa shape index (κ1) is 19.3. The summed E-state index contributed by atoms with van der Waals surface area (Å²) in [5, 5.41) is 2.03. The molecule has 2 aromatic carbocycles. The molecule has 0 heterocycles. The molecule has 130 valence electrons. The Balaban J connectivity index is 2.15. The second-order valence-corrected chi connectivity index (χ2v) is 5.41. The van der Waals surface area contributed by atoms with Gasteiger partial charge in [-0.2, -0.15) is 0 Å². The van der Waals surface area contributed by atoms with Crippen LogP contribution in [0.2, 0.25) is 0 Å². The molecule has 0 aliphatic carbocycles. The number of aliphatic imine (C=N–C) groups is 1. The summed E-state index contributed by atoms with van der Waals surface area (Å²) in [5.41, 5.74) is 0.511. The summed E-state index contributed by atoms with van der Waals surface area (Å²) in [4.78, 5) is 3.34. The molecule has 0 radical (unpaired) electrons. The molecule has 0 unspecified atom stereocenters. The molecule has 0 atom stereocenters. The van der Waals surface area contributed by atoms with E-state index in [-0.39, 0.29) is 11.1 Å². The maximum Gasteiger partial charge on any atom is 0.140 e. The number of thiocarbonyl (C=S) groups is 1. The maximum absolute atomic E-state index is 14.1. The number of rotatable bonds is 4. The van der Waals surface area contributed by atoms with Crippen LogP contribution in [0, 0.1) is 35.4 Å². The van der Waals surface area contributed by atoms with Crippen LogP contribution in [0.1, 0.15) is 36.5 Å². The average Bonchev–Trinajstić information content (AvgIpc) is 2.64. The normalized spacial score (nSPS) is 9.19. The van der Waals surface area contributed by atoms with Crippen LogP contribution in [-0.4, -0.2) is 11.8 Å². The van der Waals surface area contributed by atoms with E-state index in [0.29, 0.717) is 12.2 Å². The van der Waals surface area contributed by atoms with Gasteiger partial charge >= 0.3 is 0 Å². The van der Waals surface area contributed by atoms with Crippen molar-refractivity contribution < 1.29 is 13.5 Å². The summed E-state index contributed by atoms with van der Waals surface area (Å²) in [6, 6.07) is 11.4. The second kappa shape index (κ2) is 10.1. The first-order valence-corrected chi connectivity index (χ1v) is 8.36. The van der Waals surface area contributed by atoms with Crippen LogP contribution in [0.3, 0.4) is 0 Å². The van der Waals surface area contributed by atoms with Crippen molar-refractivity contribution in [1.82, 2.24) is 0 Å². The Morgan fingerprint density at radius 1 is 1.00 bits per heavy atom. The number of isothiocyanates is 1. The molecule has 0 aromatic heterocycles. The van der Waals surface area contributed by atoms with Crippen LogP contribution in [0.5, 0.6) is 5.75 Å². The average molecular weight is 367 g/mol. The largest absolute Gasteiger partial charge is 0.494 e. The Bertz CT molecular complexity index is 940. The minimum Gasteiger partial charge on any atom is -0.494 e. The standard InChI is InChI=1S/C21H15F2NOS/c1-2-3-12-25-19-8-5-16(6-9-19)4-7-17-13-21(23)18(14-20(17)22)10-11-24-15-26/h5-6,8-9,13-14H,2-3,12H2,1H3. The summed E-state index contributed by atoms with van der Waals surface area (Å²) >= 11 is 4.35. The van der Waals surface area contributed by atoms with Gasteiger partial charge in [-0.3, -0.25) is 0 Å². The Labute approximate surface area is 156 Å². The number of benzene rings is 2. The third-order valence-corrected chi connectivity index (χ3v) is 3.40. The summed E-state index contributed by atoms with van der Waals surface area (Å²) in [7, 11) is 0. The molecular weight excluding hydrogens is 352 g/mol. The minimum absolute atomic E-state index is 0.0466. The van der Waals surface area contributed by atoms with Crippen molar-refractivity contribution in [2.24, 2.45) is 4.99 Å². The highest BCUT2D eigenvalue weighted by Crippen LogP contribution is 2.15. The van der Waals surface area contributed by atoms with Crippen molar-refractivity contribution in [2.75, 3.05) is 6.61 Å². The molecule has 0 saturated heterocycles. The monoisotopic (exact) mass is 367 g/mol. The van der Waals surface area contributed by atoms with Gasteiger partial charge in [0, 0.05) is 5.56 Å². The van der Waals surface area contributed by atoms with Gasteiger partial charge in [0.05, 0.1) is 28.9 Å². The molecular formula is C21H15F2NOS. The van der Waals surface area contributed by atoms with Gasteiger partial charge in [0.15, 0.2) is 0 Å². The lowest BCUT2D eigenvalue weighted by Gasteiger charge is -2.04. The molecule has 0 bridgehead atoms. The zero-order valence-corrected chi connectivity index (χ0v) is 14.9. The van der Waals surface area contributed by atoms with Crippen LogP contribution in [0.25, 0.3) is 0 Å². The molecule has 26 heavy (non-hydrogen) atoms. The summed E-state index contributed by atoms with van der Waals surface area (Å²) in [6.07, 6.45) is 2.06. The van der Waals surface area contributed by atoms with Gasteiger partial charge in [-0.1, -0.05) is 25.2 Å². The number of unbranched alkanes of at least 4 members (excludes halogenated alkanes) is 1. The van der Waals surface area contributed by atoms with Gasteiger partial charge in [-0.05, 0) is 61.0 Å². The van der Waals surface area contributed by atoms with Crippen molar-refractivity contribution in [1.29, 1.82) is 0 Å². The number of hydrogen-bond donors (Lipinski definition) is 0. The van der Waals surface area contributed by atoms with E-state index in [1.165, 1.54) is 0 Å². The van der Waals surface area contributed by atoms with Gasteiger partial charge in [0.25, 0.3) is 0 Å². The van der Waals surface area contributed by atoms with E-state index in [1.807, 2.05) is 5.16 Å². The van der Waals surface area contributed by atoms with Crippen molar-refractivity contribution >= 4 is 17.4 Å². The Morgan fingerprint density at radius 3 is 2.27 bits per heavy atom. The minimum atomic E-state index is -0.678. The van der Waals surface area contributed by atoms with Crippen molar-refractivity contribution in [3.05, 3.63) is 64.7 Å². The summed E-state index contributed by atoms with van der Waals surface area (Å²) in [6.45, 7) is 2.76. The Kier molecular flexibility index (Phi) is 7.52. The first-order valence-electron chi connectivity index (χ1n) is 7.96. The van der Waals surface area contributed by atoms with E-state index in [9.17, 15) is 8.78 Å². The fourth-order valence-electron chi connectivity index (χ4n) is 1.96. The van der Waals surface area contributed by atoms with Crippen LogP contribution in [0.15, 0.2) is 41.4 Å². The smallest absolute Gasteiger partial charge is 0.140 e. The van der Waals surface area contributed by atoms with E-state index in [1.54, 1.807) is 24.3 Å². The number of nitrogens with zero attached hydrogens (tertiary/aromatic N) is 1. The highest BCUT2D eigenvalue weighted by Gasteiger charge is 2.07. The predicted octanol–water partition coefficient (Wildman–Crippen LogP) is 4.96. The van der Waals surface area contributed by atoms with Crippen molar-refractivity contribution in [3.63, 3.8) is 0 Å². The fraction of sp³-hybridized carbons (Fsp3) is 0.190. The van der Waals surface area contributed by atoms with E-state index in [2.05, 4.69) is 47.9 Å². The molecule has 0 aliphatic heterocycles. The predicted molar refractivity (Wildman–Crippen MR) is 101 cm³/mol. The summed E-state index contributed by atoms with van der Waals surface area (Å²) < 4.78 is 33.6. The Morgan fingerprint density at radius 2 is 1.65 bits per heavy atom. The lowest BCUT2D eigenvalue weighted by molar-refractivity contribution is 0.309. The van der Waals surface area contributed by atoms with E-state index >= 15 is 0 Å². The number of halogens is 2. The number of ether oxygens (including phenoxy) is 1. The molecule has 0 spiro atoms. The lowest BCUT2D eigenvalue weighted by Crippen LogP contribution is -1.96. The zero-order chi connectivity index (χ0) is 18.8. The lowest BCUT2D eigenvalue weighted by atomic mass is 10.1.